The maximum Gasteiger partial charge on any atom is 0.224 e. The highest BCUT2D eigenvalue weighted by molar-refractivity contribution is 6.30. The van der Waals surface area contributed by atoms with Crippen LogP contribution >= 0.6 is 11.6 Å². The molecule has 0 fully saturated rings. The minimum atomic E-state index is -0.0972. The molecular weight excluding hydrogens is 362 g/mol. The molecule has 0 aliphatic rings. The zero-order valence-corrected chi connectivity index (χ0v) is 15.6. The van der Waals surface area contributed by atoms with Gasteiger partial charge >= 0.3 is 0 Å². The highest BCUT2D eigenvalue weighted by Gasteiger charge is 2.02. The molecule has 7 heteroatoms. The summed E-state index contributed by atoms with van der Waals surface area (Å²) in [7, 11) is 0. The molecule has 0 bridgehead atoms. The Bertz CT molecular complexity index is 914. The summed E-state index contributed by atoms with van der Waals surface area (Å²) in [6.45, 7) is 2.18. The van der Waals surface area contributed by atoms with Crippen molar-refractivity contribution in [3.63, 3.8) is 0 Å². The number of nitrogens with one attached hydrogen (secondary N) is 3. The van der Waals surface area contributed by atoms with Gasteiger partial charge in [-0.2, -0.15) is 4.98 Å². The van der Waals surface area contributed by atoms with E-state index >= 15 is 0 Å². The number of carbonyl (C=O) groups is 1. The van der Waals surface area contributed by atoms with Gasteiger partial charge in [-0.3, -0.25) is 4.79 Å². The van der Waals surface area contributed by atoms with Gasteiger partial charge in [-0.05, 0) is 54.4 Å². The van der Waals surface area contributed by atoms with Crippen molar-refractivity contribution in [3.05, 3.63) is 71.4 Å². The molecule has 138 valence electrons. The van der Waals surface area contributed by atoms with Crippen LogP contribution in [-0.4, -0.2) is 22.4 Å². The molecule has 1 heterocycles. The summed E-state index contributed by atoms with van der Waals surface area (Å²) < 4.78 is 0. The number of carbonyl (C=O) groups excluding carboxylic acids is 1. The number of amides is 1. The van der Waals surface area contributed by atoms with Crippen LogP contribution in [0, 0.1) is 0 Å². The standard InChI is InChI=1S/C20H20ClN5O/c1-14(27)24-17-5-7-18(8-6-17)25-19-10-12-23-20(26-19)22-11-9-15-3-2-4-16(21)13-15/h2-8,10,12-13H,9,11H2,1H3,(H,24,27)(H2,22,23,25,26). The topological polar surface area (TPSA) is 78.9 Å². The summed E-state index contributed by atoms with van der Waals surface area (Å²) >= 11 is 6.00. The first-order valence-corrected chi connectivity index (χ1v) is 8.92. The molecule has 0 saturated carbocycles. The van der Waals surface area contributed by atoms with Gasteiger partial charge < -0.3 is 16.0 Å². The fraction of sp³-hybridized carbons (Fsp3) is 0.150. The van der Waals surface area contributed by atoms with Crippen LogP contribution in [0.2, 0.25) is 5.02 Å². The van der Waals surface area contributed by atoms with Crippen LogP contribution in [0.15, 0.2) is 60.8 Å². The van der Waals surface area contributed by atoms with E-state index in [0.29, 0.717) is 18.3 Å². The number of halogens is 1. The van der Waals surface area contributed by atoms with E-state index in [-0.39, 0.29) is 5.91 Å². The third-order valence-corrected chi connectivity index (χ3v) is 3.95. The Balaban J connectivity index is 1.56. The molecular formula is C20H20ClN5O. The van der Waals surface area contributed by atoms with Crippen LogP contribution in [-0.2, 0) is 11.2 Å². The Labute approximate surface area is 163 Å². The number of hydrogen-bond acceptors (Lipinski definition) is 5. The second-order valence-corrected chi connectivity index (χ2v) is 6.39. The van der Waals surface area contributed by atoms with Crippen LogP contribution in [0.25, 0.3) is 0 Å². The lowest BCUT2D eigenvalue weighted by atomic mass is 10.1. The second kappa shape index (κ2) is 9.00. The minimum Gasteiger partial charge on any atom is -0.354 e. The molecule has 3 rings (SSSR count). The quantitative estimate of drug-likeness (QED) is 0.562. The van der Waals surface area contributed by atoms with E-state index < -0.39 is 0 Å². The average Bonchev–Trinajstić information content (AvgIpc) is 2.63. The maximum atomic E-state index is 11.1. The number of nitrogens with zero attached hydrogens (tertiary/aromatic N) is 2. The molecule has 0 aliphatic carbocycles. The number of rotatable bonds is 7. The van der Waals surface area contributed by atoms with E-state index in [4.69, 9.17) is 11.6 Å². The molecule has 0 aliphatic heterocycles. The molecule has 0 spiro atoms. The fourth-order valence-corrected chi connectivity index (χ4v) is 2.73. The zero-order chi connectivity index (χ0) is 19.1. The molecule has 2 aromatic carbocycles. The largest absolute Gasteiger partial charge is 0.354 e. The van der Waals surface area contributed by atoms with E-state index in [1.54, 1.807) is 12.3 Å². The zero-order valence-electron chi connectivity index (χ0n) is 14.9. The molecule has 1 aromatic heterocycles. The van der Waals surface area contributed by atoms with Gasteiger partial charge in [0.2, 0.25) is 11.9 Å². The van der Waals surface area contributed by atoms with Crippen molar-refractivity contribution < 1.29 is 4.79 Å². The van der Waals surface area contributed by atoms with Crippen molar-refractivity contribution in [2.24, 2.45) is 0 Å². The van der Waals surface area contributed by atoms with E-state index in [1.165, 1.54) is 6.92 Å². The first kappa shape index (κ1) is 18.7. The molecule has 6 nitrogen and oxygen atoms in total. The summed E-state index contributed by atoms with van der Waals surface area (Å²) in [6.07, 6.45) is 2.52. The molecule has 27 heavy (non-hydrogen) atoms. The van der Waals surface area contributed by atoms with Gasteiger partial charge in [0.05, 0.1) is 0 Å². The van der Waals surface area contributed by atoms with Crippen molar-refractivity contribution >= 4 is 40.6 Å². The van der Waals surface area contributed by atoms with Gasteiger partial charge in [0.1, 0.15) is 5.82 Å². The molecule has 0 saturated heterocycles. The molecule has 0 unspecified atom stereocenters. The van der Waals surface area contributed by atoms with E-state index in [2.05, 4.69) is 25.9 Å². The predicted molar refractivity (Wildman–Crippen MR) is 110 cm³/mol. The lowest BCUT2D eigenvalue weighted by Crippen LogP contribution is -2.08. The second-order valence-electron chi connectivity index (χ2n) is 5.96. The molecule has 0 atom stereocenters. The average molecular weight is 382 g/mol. The molecule has 3 aromatic rings. The van der Waals surface area contributed by atoms with E-state index in [0.717, 1.165) is 28.4 Å². The van der Waals surface area contributed by atoms with Crippen LogP contribution in [0.1, 0.15) is 12.5 Å². The van der Waals surface area contributed by atoms with Crippen LogP contribution in [0.3, 0.4) is 0 Å². The van der Waals surface area contributed by atoms with Crippen molar-refractivity contribution in [2.75, 3.05) is 22.5 Å². The highest BCUT2D eigenvalue weighted by Crippen LogP contribution is 2.18. The van der Waals surface area contributed by atoms with Crippen LogP contribution in [0.4, 0.5) is 23.1 Å². The Morgan fingerprint density at radius 2 is 1.85 bits per heavy atom. The van der Waals surface area contributed by atoms with Gasteiger partial charge in [0.25, 0.3) is 0 Å². The van der Waals surface area contributed by atoms with Crippen LogP contribution < -0.4 is 16.0 Å². The van der Waals surface area contributed by atoms with Gasteiger partial charge in [-0.1, -0.05) is 23.7 Å². The normalized spacial score (nSPS) is 10.3. The molecule has 3 N–H and O–H groups in total. The molecule has 0 radical (unpaired) electrons. The van der Waals surface area contributed by atoms with Crippen molar-refractivity contribution in [2.45, 2.75) is 13.3 Å². The van der Waals surface area contributed by atoms with Crippen molar-refractivity contribution in [3.8, 4) is 0 Å². The van der Waals surface area contributed by atoms with Gasteiger partial charge in [0.15, 0.2) is 0 Å². The lowest BCUT2D eigenvalue weighted by Gasteiger charge is -2.09. The number of aromatic nitrogens is 2. The Hall–Kier alpha value is -3.12. The first-order chi connectivity index (χ1) is 13.1. The van der Waals surface area contributed by atoms with Gasteiger partial charge in [-0.25, -0.2) is 4.98 Å². The third-order valence-electron chi connectivity index (χ3n) is 3.72. The van der Waals surface area contributed by atoms with Crippen molar-refractivity contribution in [1.82, 2.24) is 9.97 Å². The maximum absolute atomic E-state index is 11.1. The first-order valence-electron chi connectivity index (χ1n) is 8.54. The summed E-state index contributed by atoms with van der Waals surface area (Å²) in [5.41, 5.74) is 2.77. The fourth-order valence-electron chi connectivity index (χ4n) is 2.51. The predicted octanol–water partition coefficient (Wildman–Crippen LogP) is 4.49. The third kappa shape index (κ3) is 5.97. The lowest BCUT2D eigenvalue weighted by molar-refractivity contribution is -0.114. The number of anilines is 4. The Kier molecular flexibility index (Phi) is 6.22. The Morgan fingerprint density at radius 3 is 2.59 bits per heavy atom. The summed E-state index contributed by atoms with van der Waals surface area (Å²) in [5, 5.41) is 9.91. The summed E-state index contributed by atoms with van der Waals surface area (Å²) in [4.78, 5) is 19.8. The monoisotopic (exact) mass is 381 g/mol. The smallest absolute Gasteiger partial charge is 0.224 e. The SMILES string of the molecule is CC(=O)Nc1ccc(Nc2ccnc(NCCc3cccc(Cl)c3)n2)cc1. The Morgan fingerprint density at radius 1 is 1.07 bits per heavy atom. The van der Waals surface area contributed by atoms with Crippen LogP contribution in [0.5, 0.6) is 0 Å². The molecule has 1 amide bonds. The van der Waals surface area contributed by atoms with Gasteiger partial charge in [-0.15, -0.1) is 0 Å². The minimum absolute atomic E-state index is 0.0972. The van der Waals surface area contributed by atoms with Gasteiger partial charge in [0, 0.05) is 36.1 Å². The highest BCUT2D eigenvalue weighted by atomic mass is 35.5. The summed E-state index contributed by atoms with van der Waals surface area (Å²) in [5.74, 6) is 1.14. The van der Waals surface area contributed by atoms with E-state index in [1.807, 2.05) is 48.5 Å². The number of benzene rings is 2. The van der Waals surface area contributed by atoms with Crippen molar-refractivity contribution in [1.29, 1.82) is 0 Å². The number of hydrogen-bond donors (Lipinski definition) is 3. The van der Waals surface area contributed by atoms with E-state index in [9.17, 15) is 4.79 Å². The summed E-state index contributed by atoms with van der Waals surface area (Å²) in [6, 6.07) is 17.0.